The van der Waals surface area contributed by atoms with Crippen molar-refractivity contribution in [3.63, 3.8) is 0 Å². The molecule has 0 saturated carbocycles. The van der Waals surface area contributed by atoms with E-state index in [-0.39, 0.29) is 0 Å². The number of nitrogens with zero attached hydrogens (tertiary/aromatic N) is 2. The van der Waals surface area contributed by atoms with Crippen LogP contribution in [0.1, 0.15) is 18.1 Å². The molecule has 1 aromatic heterocycles. The van der Waals surface area contributed by atoms with Gasteiger partial charge in [0.1, 0.15) is 5.82 Å². The summed E-state index contributed by atoms with van der Waals surface area (Å²) in [7, 11) is 1.81. The van der Waals surface area contributed by atoms with Crippen LogP contribution in [0.25, 0.3) is 0 Å². The summed E-state index contributed by atoms with van der Waals surface area (Å²) in [6.45, 7) is 4.13. The molecule has 19 heavy (non-hydrogen) atoms. The molecule has 0 aliphatic heterocycles. The predicted molar refractivity (Wildman–Crippen MR) is 83.1 cm³/mol. The van der Waals surface area contributed by atoms with E-state index in [0.717, 1.165) is 28.0 Å². The second-order valence-corrected chi connectivity index (χ2v) is 5.17. The van der Waals surface area contributed by atoms with Gasteiger partial charge in [-0.3, -0.25) is 0 Å². The number of hydrogen-bond donors (Lipinski definition) is 2. The molecule has 0 spiro atoms. The summed E-state index contributed by atoms with van der Waals surface area (Å²) < 4.78 is 1.09. The SMILES string of the molecule is CCc1cc(Br)ccc1Nc1nc(NC)ncc1C. The maximum absolute atomic E-state index is 4.44. The number of halogens is 1. The zero-order valence-corrected chi connectivity index (χ0v) is 12.9. The highest BCUT2D eigenvalue weighted by Gasteiger charge is 2.06. The van der Waals surface area contributed by atoms with E-state index in [4.69, 9.17) is 0 Å². The van der Waals surface area contributed by atoms with Gasteiger partial charge >= 0.3 is 0 Å². The molecule has 0 aliphatic carbocycles. The number of aryl methyl sites for hydroxylation is 2. The first-order valence-electron chi connectivity index (χ1n) is 6.21. The Balaban J connectivity index is 2.35. The fraction of sp³-hybridized carbons (Fsp3) is 0.286. The Morgan fingerprint density at radius 2 is 2.11 bits per heavy atom. The van der Waals surface area contributed by atoms with Gasteiger partial charge in [-0.2, -0.15) is 4.98 Å². The van der Waals surface area contributed by atoms with Gasteiger partial charge in [-0.05, 0) is 37.1 Å². The molecule has 2 N–H and O–H groups in total. The van der Waals surface area contributed by atoms with Crippen molar-refractivity contribution in [3.8, 4) is 0 Å². The van der Waals surface area contributed by atoms with Gasteiger partial charge in [0.05, 0.1) is 0 Å². The van der Waals surface area contributed by atoms with E-state index in [0.29, 0.717) is 5.95 Å². The van der Waals surface area contributed by atoms with E-state index in [9.17, 15) is 0 Å². The molecule has 0 amide bonds. The second kappa shape index (κ2) is 6.02. The van der Waals surface area contributed by atoms with Crippen molar-refractivity contribution < 1.29 is 0 Å². The molecule has 0 unspecified atom stereocenters. The Hall–Kier alpha value is -1.62. The average molecular weight is 321 g/mol. The number of rotatable bonds is 4. The Morgan fingerprint density at radius 3 is 2.79 bits per heavy atom. The molecular formula is C14H17BrN4. The normalized spacial score (nSPS) is 10.3. The lowest BCUT2D eigenvalue weighted by molar-refractivity contribution is 1.10. The molecule has 0 fully saturated rings. The predicted octanol–water partition coefficient (Wildman–Crippen LogP) is 3.90. The summed E-state index contributed by atoms with van der Waals surface area (Å²) in [5, 5.41) is 6.33. The van der Waals surface area contributed by atoms with Gasteiger partial charge in [-0.15, -0.1) is 0 Å². The lowest BCUT2D eigenvalue weighted by Gasteiger charge is -2.13. The van der Waals surface area contributed by atoms with Crippen LogP contribution in [0.3, 0.4) is 0 Å². The first kappa shape index (κ1) is 13.8. The zero-order valence-electron chi connectivity index (χ0n) is 11.3. The Labute approximate surface area is 121 Å². The molecule has 2 aromatic rings. The van der Waals surface area contributed by atoms with Crippen LogP contribution in [-0.4, -0.2) is 17.0 Å². The largest absolute Gasteiger partial charge is 0.357 e. The molecule has 0 saturated heterocycles. The molecule has 4 nitrogen and oxygen atoms in total. The summed E-state index contributed by atoms with van der Waals surface area (Å²) in [5.74, 6) is 1.44. The minimum atomic E-state index is 0.614. The van der Waals surface area contributed by atoms with Crippen LogP contribution < -0.4 is 10.6 Å². The lowest BCUT2D eigenvalue weighted by Crippen LogP contribution is -2.03. The van der Waals surface area contributed by atoms with Gasteiger partial charge in [0.25, 0.3) is 0 Å². The van der Waals surface area contributed by atoms with Crippen LogP contribution >= 0.6 is 15.9 Å². The summed E-state index contributed by atoms with van der Waals surface area (Å²) in [4.78, 5) is 8.62. The first-order valence-corrected chi connectivity index (χ1v) is 7.00. The van der Waals surface area contributed by atoms with Crippen molar-refractivity contribution in [1.82, 2.24) is 9.97 Å². The second-order valence-electron chi connectivity index (χ2n) is 4.26. The van der Waals surface area contributed by atoms with E-state index in [1.54, 1.807) is 0 Å². The van der Waals surface area contributed by atoms with Crippen LogP contribution in [0.15, 0.2) is 28.9 Å². The van der Waals surface area contributed by atoms with Gasteiger partial charge in [0.15, 0.2) is 0 Å². The molecule has 0 aliphatic rings. The standard InChI is InChI=1S/C14H17BrN4/c1-4-10-7-11(15)5-6-12(10)18-13-9(2)8-17-14(16-3)19-13/h5-8H,4H2,1-3H3,(H2,16,17,18,19). The topological polar surface area (TPSA) is 49.8 Å². The van der Waals surface area contributed by atoms with Gasteiger partial charge in [0.2, 0.25) is 5.95 Å². The van der Waals surface area contributed by atoms with Crippen LogP contribution in [0.4, 0.5) is 17.5 Å². The summed E-state index contributed by atoms with van der Waals surface area (Å²) in [5.41, 5.74) is 3.34. The number of aromatic nitrogens is 2. The maximum atomic E-state index is 4.44. The van der Waals surface area contributed by atoms with Crippen molar-refractivity contribution in [2.45, 2.75) is 20.3 Å². The van der Waals surface area contributed by atoms with E-state index >= 15 is 0 Å². The third-order valence-electron chi connectivity index (χ3n) is 2.90. The van der Waals surface area contributed by atoms with Crippen LogP contribution in [0.5, 0.6) is 0 Å². The fourth-order valence-corrected chi connectivity index (χ4v) is 2.20. The number of nitrogens with one attached hydrogen (secondary N) is 2. The molecular weight excluding hydrogens is 304 g/mol. The molecule has 1 aromatic carbocycles. The third kappa shape index (κ3) is 3.23. The Bertz CT molecular complexity index is 584. The minimum absolute atomic E-state index is 0.614. The Morgan fingerprint density at radius 1 is 1.32 bits per heavy atom. The molecule has 100 valence electrons. The highest BCUT2D eigenvalue weighted by Crippen LogP contribution is 2.25. The first-order chi connectivity index (χ1) is 9.13. The average Bonchev–Trinajstić information content (AvgIpc) is 2.43. The monoisotopic (exact) mass is 320 g/mol. The minimum Gasteiger partial charge on any atom is -0.357 e. The van der Waals surface area contributed by atoms with E-state index < -0.39 is 0 Å². The zero-order chi connectivity index (χ0) is 13.8. The third-order valence-corrected chi connectivity index (χ3v) is 3.39. The Kier molecular flexibility index (Phi) is 4.37. The lowest BCUT2D eigenvalue weighted by atomic mass is 10.1. The maximum Gasteiger partial charge on any atom is 0.224 e. The summed E-state index contributed by atoms with van der Waals surface area (Å²) >= 11 is 3.50. The number of anilines is 3. The van der Waals surface area contributed by atoms with E-state index in [2.05, 4.69) is 55.6 Å². The van der Waals surface area contributed by atoms with Gasteiger partial charge in [-0.1, -0.05) is 22.9 Å². The van der Waals surface area contributed by atoms with E-state index in [1.807, 2.05) is 26.2 Å². The molecule has 5 heteroatoms. The van der Waals surface area contributed by atoms with Crippen molar-refractivity contribution >= 4 is 33.4 Å². The highest BCUT2D eigenvalue weighted by molar-refractivity contribution is 9.10. The summed E-state index contributed by atoms with van der Waals surface area (Å²) in [6, 6.07) is 6.21. The van der Waals surface area contributed by atoms with E-state index in [1.165, 1.54) is 5.56 Å². The van der Waals surface area contributed by atoms with Crippen LogP contribution in [0, 0.1) is 6.92 Å². The molecule has 2 rings (SSSR count). The molecule has 0 atom stereocenters. The number of hydrogen-bond acceptors (Lipinski definition) is 4. The van der Waals surface area contributed by atoms with Gasteiger partial charge in [-0.25, -0.2) is 4.98 Å². The van der Waals surface area contributed by atoms with Gasteiger partial charge < -0.3 is 10.6 Å². The highest BCUT2D eigenvalue weighted by atomic mass is 79.9. The van der Waals surface area contributed by atoms with Crippen molar-refractivity contribution in [3.05, 3.63) is 40.0 Å². The van der Waals surface area contributed by atoms with Gasteiger partial charge in [0, 0.05) is 29.0 Å². The fourth-order valence-electron chi connectivity index (χ4n) is 1.79. The molecule has 0 radical (unpaired) electrons. The van der Waals surface area contributed by atoms with Crippen molar-refractivity contribution in [2.24, 2.45) is 0 Å². The summed E-state index contributed by atoms with van der Waals surface area (Å²) in [6.07, 6.45) is 2.77. The molecule has 0 bridgehead atoms. The quantitative estimate of drug-likeness (QED) is 0.897. The smallest absolute Gasteiger partial charge is 0.224 e. The van der Waals surface area contributed by atoms with Crippen molar-refractivity contribution in [2.75, 3.05) is 17.7 Å². The number of benzene rings is 1. The van der Waals surface area contributed by atoms with Crippen LogP contribution in [-0.2, 0) is 6.42 Å². The van der Waals surface area contributed by atoms with Crippen molar-refractivity contribution in [1.29, 1.82) is 0 Å². The van der Waals surface area contributed by atoms with Crippen LogP contribution in [0.2, 0.25) is 0 Å². The molecule has 1 heterocycles.